The summed E-state index contributed by atoms with van der Waals surface area (Å²) in [7, 11) is 0. The lowest BCUT2D eigenvalue weighted by Crippen LogP contribution is -2.41. The highest BCUT2D eigenvalue weighted by atomic mass is 16.3. The molecule has 0 radical (unpaired) electrons. The quantitative estimate of drug-likeness (QED) is 0.575. The van der Waals surface area contributed by atoms with E-state index in [9.17, 15) is 10.2 Å². The first-order chi connectivity index (χ1) is 5.79. The Balaban J connectivity index is 2.05. The van der Waals surface area contributed by atoms with Gasteiger partial charge < -0.3 is 10.2 Å². The summed E-state index contributed by atoms with van der Waals surface area (Å²) in [5.74, 6) is 0.810. The average Bonchev–Trinajstić information content (AvgIpc) is 2.07. The lowest BCUT2D eigenvalue weighted by atomic mass is 9.68. The third kappa shape index (κ3) is 1.38. The number of rotatable bonds is 0. The third-order valence-corrected chi connectivity index (χ3v) is 3.61. The van der Waals surface area contributed by atoms with Crippen molar-refractivity contribution in [1.29, 1.82) is 0 Å². The molecule has 0 saturated heterocycles. The highest BCUT2D eigenvalue weighted by Crippen LogP contribution is 2.40. The molecule has 2 aliphatic rings. The maximum absolute atomic E-state index is 9.71. The maximum Gasteiger partial charge on any atom is 0.0572 e. The summed E-state index contributed by atoms with van der Waals surface area (Å²) in [5, 5.41) is 19.4. The summed E-state index contributed by atoms with van der Waals surface area (Å²) in [5.41, 5.74) is 0. The Hall–Kier alpha value is -0.0800. The smallest absolute Gasteiger partial charge is 0.0572 e. The van der Waals surface area contributed by atoms with Gasteiger partial charge in [-0.15, -0.1) is 0 Å². The molecule has 2 saturated carbocycles. The fourth-order valence-electron chi connectivity index (χ4n) is 2.94. The van der Waals surface area contributed by atoms with Crippen molar-refractivity contribution >= 4 is 0 Å². The van der Waals surface area contributed by atoms with E-state index in [1.807, 2.05) is 0 Å². The highest BCUT2D eigenvalue weighted by Gasteiger charge is 2.38. The van der Waals surface area contributed by atoms with Crippen molar-refractivity contribution in [1.82, 2.24) is 0 Å². The molecule has 2 heteroatoms. The minimum absolute atomic E-state index is 0.126. The van der Waals surface area contributed by atoms with Crippen molar-refractivity contribution in [2.24, 2.45) is 11.8 Å². The molecule has 0 heterocycles. The molecule has 2 N–H and O–H groups in total. The summed E-state index contributed by atoms with van der Waals surface area (Å²) in [4.78, 5) is 0. The van der Waals surface area contributed by atoms with Gasteiger partial charge in [-0.2, -0.15) is 0 Å². The van der Waals surface area contributed by atoms with Gasteiger partial charge in [0.25, 0.3) is 0 Å². The summed E-state index contributed by atoms with van der Waals surface area (Å²) in [6, 6.07) is 0. The van der Waals surface area contributed by atoms with Crippen molar-refractivity contribution in [2.75, 3.05) is 0 Å². The first kappa shape index (κ1) is 8.52. The summed E-state index contributed by atoms with van der Waals surface area (Å²) >= 11 is 0. The highest BCUT2D eigenvalue weighted by molar-refractivity contribution is 4.89. The number of hydrogen-bond donors (Lipinski definition) is 2. The van der Waals surface area contributed by atoms with Crippen LogP contribution < -0.4 is 0 Å². The zero-order valence-corrected chi connectivity index (χ0v) is 7.45. The minimum Gasteiger partial charge on any atom is -0.393 e. The van der Waals surface area contributed by atoms with Crippen molar-refractivity contribution in [2.45, 2.75) is 50.7 Å². The SMILES string of the molecule is O[C@@H]1CCC[C@H]2[C@@H]1CCC[C@@H]2O. The van der Waals surface area contributed by atoms with Crippen LogP contribution in [0.15, 0.2) is 0 Å². The molecule has 0 aromatic carbocycles. The topological polar surface area (TPSA) is 40.5 Å². The van der Waals surface area contributed by atoms with E-state index in [1.165, 1.54) is 0 Å². The molecule has 2 nitrogen and oxygen atoms in total. The Morgan fingerprint density at radius 1 is 0.667 bits per heavy atom. The Morgan fingerprint density at radius 2 is 1.08 bits per heavy atom. The number of fused-ring (bicyclic) bond motifs is 1. The van der Waals surface area contributed by atoms with Crippen LogP contribution in [0.25, 0.3) is 0 Å². The van der Waals surface area contributed by atoms with Crippen LogP contribution in [0.2, 0.25) is 0 Å². The maximum atomic E-state index is 9.71. The zero-order chi connectivity index (χ0) is 8.55. The van der Waals surface area contributed by atoms with Gasteiger partial charge in [-0.1, -0.05) is 12.8 Å². The fraction of sp³-hybridized carbons (Fsp3) is 1.00. The standard InChI is InChI=1S/C10H18O2/c11-9-5-1-3-7-8(9)4-2-6-10(7)12/h7-12H,1-6H2/t7-,8-,9-,10+/m0/s1. The monoisotopic (exact) mass is 170 g/mol. The second-order valence-electron chi connectivity index (χ2n) is 4.32. The van der Waals surface area contributed by atoms with Crippen molar-refractivity contribution in [3.8, 4) is 0 Å². The van der Waals surface area contributed by atoms with E-state index < -0.39 is 0 Å². The molecule has 2 rings (SSSR count). The van der Waals surface area contributed by atoms with Crippen molar-refractivity contribution < 1.29 is 10.2 Å². The van der Waals surface area contributed by atoms with Crippen LogP contribution in [0, 0.1) is 11.8 Å². The summed E-state index contributed by atoms with van der Waals surface area (Å²) < 4.78 is 0. The van der Waals surface area contributed by atoms with E-state index >= 15 is 0 Å². The van der Waals surface area contributed by atoms with Gasteiger partial charge in [-0.05, 0) is 37.5 Å². The Bertz CT molecular complexity index is 140. The van der Waals surface area contributed by atoms with E-state index in [1.54, 1.807) is 0 Å². The van der Waals surface area contributed by atoms with Gasteiger partial charge >= 0.3 is 0 Å². The van der Waals surface area contributed by atoms with Gasteiger partial charge in [0, 0.05) is 0 Å². The average molecular weight is 170 g/mol. The fourth-order valence-corrected chi connectivity index (χ4v) is 2.94. The summed E-state index contributed by atoms with van der Waals surface area (Å²) in [6.07, 6.45) is 6.10. The Morgan fingerprint density at radius 3 is 1.50 bits per heavy atom. The number of hydrogen-bond acceptors (Lipinski definition) is 2. The van der Waals surface area contributed by atoms with Gasteiger partial charge in [0.1, 0.15) is 0 Å². The molecule has 0 aromatic heterocycles. The van der Waals surface area contributed by atoms with E-state index in [-0.39, 0.29) is 12.2 Å². The second kappa shape index (κ2) is 3.35. The normalized spacial score (nSPS) is 48.5. The number of aliphatic hydroxyl groups is 2. The van der Waals surface area contributed by atoms with Gasteiger partial charge in [0.2, 0.25) is 0 Å². The zero-order valence-electron chi connectivity index (χ0n) is 7.45. The third-order valence-electron chi connectivity index (χ3n) is 3.61. The van der Waals surface area contributed by atoms with E-state index in [4.69, 9.17) is 0 Å². The molecule has 0 unspecified atom stereocenters. The molecule has 0 amide bonds. The van der Waals surface area contributed by atoms with Crippen LogP contribution >= 0.6 is 0 Å². The second-order valence-corrected chi connectivity index (χ2v) is 4.32. The Labute approximate surface area is 73.6 Å². The van der Waals surface area contributed by atoms with Crippen molar-refractivity contribution in [3.05, 3.63) is 0 Å². The molecule has 70 valence electrons. The van der Waals surface area contributed by atoms with Gasteiger partial charge in [0.05, 0.1) is 12.2 Å². The van der Waals surface area contributed by atoms with Gasteiger partial charge in [-0.25, -0.2) is 0 Å². The van der Waals surface area contributed by atoms with Gasteiger partial charge in [0.15, 0.2) is 0 Å². The lowest BCUT2D eigenvalue weighted by Gasteiger charge is -2.41. The lowest BCUT2D eigenvalue weighted by molar-refractivity contribution is -0.0529. The summed E-state index contributed by atoms with van der Waals surface area (Å²) in [6.45, 7) is 0. The van der Waals surface area contributed by atoms with Crippen LogP contribution in [-0.2, 0) is 0 Å². The molecule has 2 fully saturated rings. The molecule has 2 aliphatic carbocycles. The Kier molecular flexibility index (Phi) is 2.37. The predicted octanol–water partition coefficient (Wildman–Crippen LogP) is 1.31. The number of aliphatic hydroxyl groups excluding tert-OH is 2. The molecular formula is C10H18O2. The molecule has 0 aliphatic heterocycles. The van der Waals surface area contributed by atoms with Crippen LogP contribution in [0.1, 0.15) is 38.5 Å². The van der Waals surface area contributed by atoms with Crippen LogP contribution in [0.3, 0.4) is 0 Å². The van der Waals surface area contributed by atoms with Crippen LogP contribution in [0.4, 0.5) is 0 Å². The molecular weight excluding hydrogens is 152 g/mol. The minimum atomic E-state index is -0.126. The largest absolute Gasteiger partial charge is 0.393 e. The first-order valence-corrected chi connectivity index (χ1v) is 5.15. The van der Waals surface area contributed by atoms with Crippen LogP contribution in [0.5, 0.6) is 0 Å². The molecule has 0 aromatic rings. The predicted molar refractivity (Wildman–Crippen MR) is 46.7 cm³/mol. The molecule has 0 spiro atoms. The molecule has 4 atom stereocenters. The van der Waals surface area contributed by atoms with Gasteiger partial charge in [-0.3, -0.25) is 0 Å². The van der Waals surface area contributed by atoms with Crippen molar-refractivity contribution in [3.63, 3.8) is 0 Å². The molecule has 12 heavy (non-hydrogen) atoms. The van der Waals surface area contributed by atoms with E-state index in [2.05, 4.69) is 0 Å². The van der Waals surface area contributed by atoms with E-state index in [0.717, 1.165) is 38.5 Å². The van der Waals surface area contributed by atoms with Crippen LogP contribution in [-0.4, -0.2) is 22.4 Å². The van der Waals surface area contributed by atoms with E-state index in [0.29, 0.717) is 11.8 Å². The first-order valence-electron chi connectivity index (χ1n) is 5.15. The molecule has 0 bridgehead atoms.